The molecule has 0 aliphatic heterocycles. The first-order valence-electron chi connectivity index (χ1n) is 6.32. The molecular weight excluding hydrogens is 272 g/mol. The highest BCUT2D eigenvalue weighted by molar-refractivity contribution is 6.84. The standard InChI is InChI=1S/C15H20O4Si/c1-18-12-8-6-11(7-9-12)14(15(17)19-2)13(10-16)20(3,4)5/h6-9,14H,1-5H3. The van der Waals surface area contributed by atoms with Crippen molar-refractivity contribution >= 4 is 20.0 Å². The predicted molar refractivity (Wildman–Crippen MR) is 80.3 cm³/mol. The summed E-state index contributed by atoms with van der Waals surface area (Å²) >= 11 is 0. The summed E-state index contributed by atoms with van der Waals surface area (Å²) in [5.74, 6) is 1.56. The number of ether oxygens (including phenoxy) is 2. The Morgan fingerprint density at radius 1 is 1.15 bits per heavy atom. The van der Waals surface area contributed by atoms with Crippen molar-refractivity contribution in [3.05, 3.63) is 35.0 Å². The third kappa shape index (κ3) is 3.59. The fourth-order valence-electron chi connectivity index (χ4n) is 1.98. The van der Waals surface area contributed by atoms with Crippen molar-refractivity contribution in [1.82, 2.24) is 0 Å². The quantitative estimate of drug-likeness (QED) is 0.475. The summed E-state index contributed by atoms with van der Waals surface area (Å²) in [5.41, 5.74) is 0.721. The van der Waals surface area contributed by atoms with Crippen LogP contribution in [0.2, 0.25) is 19.6 Å². The third-order valence-electron chi connectivity index (χ3n) is 3.09. The number of hydrogen-bond donors (Lipinski definition) is 0. The second-order valence-electron chi connectivity index (χ2n) is 5.50. The Morgan fingerprint density at radius 2 is 1.70 bits per heavy atom. The molecule has 0 saturated carbocycles. The van der Waals surface area contributed by atoms with Crippen LogP contribution in [0.3, 0.4) is 0 Å². The van der Waals surface area contributed by atoms with Gasteiger partial charge in [-0.25, -0.2) is 4.79 Å². The lowest BCUT2D eigenvalue weighted by Gasteiger charge is -2.24. The smallest absolute Gasteiger partial charge is 0.317 e. The van der Waals surface area contributed by atoms with Crippen molar-refractivity contribution in [2.45, 2.75) is 25.6 Å². The van der Waals surface area contributed by atoms with Gasteiger partial charge >= 0.3 is 5.97 Å². The maximum Gasteiger partial charge on any atom is 0.317 e. The van der Waals surface area contributed by atoms with E-state index in [1.54, 1.807) is 31.4 Å². The number of esters is 1. The number of methoxy groups -OCH3 is 2. The monoisotopic (exact) mass is 292 g/mol. The van der Waals surface area contributed by atoms with Crippen LogP contribution in [-0.2, 0) is 14.3 Å². The molecule has 1 atom stereocenters. The average molecular weight is 292 g/mol. The van der Waals surface area contributed by atoms with Crippen molar-refractivity contribution in [3.8, 4) is 5.75 Å². The number of rotatable bonds is 5. The SMILES string of the molecule is COC(=O)C(C(=C=O)[Si](C)(C)C)c1ccc(OC)cc1. The van der Waals surface area contributed by atoms with E-state index in [-0.39, 0.29) is 0 Å². The van der Waals surface area contributed by atoms with Gasteiger partial charge in [0.2, 0.25) is 0 Å². The van der Waals surface area contributed by atoms with Crippen LogP contribution in [0.4, 0.5) is 0 Å². The minimum Gasteiger partial charge on any atom is -0.497 e. The number of hydrogen-bond acceptors (Lipinski definition) is 4. The van der Waals surface area contributed by atoms with Crippen molar-refractivity contribution < 1.29 is 19.1 Å². The van der Waals surface area contributed by atoms with Crippen LogP contribution < -0.4 is 4.74 Å². The lowest BCUT2D eigenvalue weighted by Crippen LogP contribution is -2.33. The Kier molecular flexibility index (Phi) is 5.31. The summed E-state index contributed by atoms with van der Waals surface area (Å²) in [6.07, 6.45) is 0. The Hall–Kier alpha value is -1.84. The van der Waals surface area contributed by atoms with Gasteiger partial charge < -0.3 is 9.47 Å². The summed E-state index contributed by atoms with van der Waals surface area (Å²) in [6, 6.07) is 7.08. The molecular formula is C15H20O4Si. The molecule has 20 heavy (non-hydrogen) atoms. The first kappa shape index (κ1) is 16.2. The molecule has 0 bridgehead atoms. The molecule has 0 saturated heterocycles. The van der Waals surface area contributed by atoms with Crippen LogP contribution in [0.15, 0.2) is 29.5 Å². The molecule has 1 aromatic carbocycles. The Labute approximate surface area is 120 Å². The van der Waals surface area contributed by atoms with Crippen LogP contribution in [0.25, 0.3) is 0 Å². The number of carbonyl (C=O) groups is 1. The fourth-order valence-corrected chi connectivity index (χ4v) is 3.44. The van der Waals surface area contributed by atoms with E-state index in [4.69, 9.17) is 9.47 Å². The van der Waals surface area contributed by atoms with Crippen LogP contribution in [0.1, 0.15) is 11.5 Å². The Morgan fingerprint density at radius 3 is 2.05 bits per heavy atom. The molecule has 0 radical (unpaired) electrons. The maximum absolute atomic E-state index is 12.1. The molecule has 5 heteroatoms. The summed E-state index contributed by atoms with van der Waals surface area (Å²) in [7, 11) is 0.927. The summed E-state index contributed by atoms with van der Waals surface area (Å²) < 4.78 is 9.95. The zero-order chi connectivity index (χ0) is 15.3. The van der Waals surface area contributed by atoms with Crippen LogP contribution >= 0.6 is 0 Å². The van der Waals surface area contributed by atoms with E-state index in [1.165, 1.54) is 7.11 Å². The van der Waals surface area contributed by atoms with Gasteiger partial charge in [0, 0.05) is 5.20 Å². The van der Waals surface area contributed by atoms with E-state index in [0.717, 1.165) is 5.56 Å². The van der Waals surface area contributed by atoms with E-state index in [0.29, 0.717) is 10.9 Å². The van der Waals surface area contributed by atoms with Crippen molar-refractivity contribution in [2.75, 3.05) is 14.2 Å². The van der Waals surface area contributed by atoms with Crippen molar-refractivity contribution in [3.63, 3.8) is 0 Å². The minimum absolute atomic E-state index is 0.434. The van der Waals surface area contributed by atoms with Gasteiger partial charge in [-0.15, -0.1) is 0 Å². The molecule has 0 spiro atoms. The first-order chi connectivity index (χ1) is 9.35. The van der Waals surface area contributed by atoms with E-state index in [2.05, 4.69) is 0 Å². The second-order valence-corrected chi connectivity index (χ2v) is 10.5. The third-order valence-corrected chi connectivity index (χ3v) is 5.10. The van der Waals surface area contributed by atoms with Gasteiger partial charge in [0.15, 0.2) is 0 Å². The summed E-state index contributed by atoms with van der Waals surface area (Å²) in [6.45, 7) is 6.02. The number of carbonyl (C=O) groups excluding carboxylic acids is 2. The van der Waals surface area contributed by atoms with Crippen molar-refractivity contribution in [1.29, 1.82) is 0 Å². The van der Waals surface area contributed by atoms with E-state index in [1.807, 2.05) is 25.6 Å². The topological polar surface area (TPSA) is 52.6 Å². The van der Waals surface area contributed by atoms with Gasteiger partial charge in [-0.2, -0.15) is 0 Å². The molecule has 1 aromatic rings. The normalized spacial score (nSPS) is 12.2. The van der Waals surface area contributed by atoms with Gasteiger partial charge in [0.1, 0.15) is 17.6 Å². The Bertz CT molecular complexity index is 522. The maximum atomic E-state index is 12.1. The molecule has 0 heterocycles. The Balaban J connectivity index is 3.32. The minimum atomic E-state index is -1.97. The van der Waals surface area contributed by atoms with Gasteiger partial charge in [-0.05, 0) is 17.7 Å². The fraction of sp³-hybridized carbons (Fsp3) is 0.400. The van der Waals surface area contributed by atoms with Gasteiger partial charge in [-0.1, -0.05) is 31.8 Å². The van der Waals surface area contributed by atoms with Crippen LogP contribution in [0, 0.1) is 0 Å². The second kappa shape index (κ2) is 6.55. The average Bonchev–Trinajstić information content (AvgIpc) is 2.42. The molecule has 1 unspecified atom stereocenters. The van der Waals surface area contributed by atoms with E-state index in [9.17, 15) is 9.59 Å². The van der Waals surface area contributed by atoms with E-state index >= 15 is 0 Å². The summed E-state index contributed by atoms with van der Waals surface area (Å²) in [4.78, 5) is 23.4. The lowest BCUT2D eigenvalue weighted by atomic mass is 9.99. The number of benzene rings is 1. The molecule has 0 fully saturated rings. The van der Waals surface area contributed by atoms with Crippen LogP contribution in [-0.4, -0.2) is 34.2 Å². The largest absolute Gasteiger partial charge is 0.497 e. The zero-order valence-corrected chi connectivity index (χ0v) is 13.5. The highest BCUT2D eigenvalue weighted by Crippen LogP contribution is 2.31. The zero-order valence-electron chi connectivity index (χ0n) is 12.5. The van der Waals surface area contributed by atoms with Crippen molar-refractivity contribution in [2.24, 2.45) is 0 Å². The molecule has 0 aliphatic carbocycles. The molecule has 1 rings (SSSR count). The lowest BCUT2D eigenvalue weighted by molar-refractivity contribution is -0.141. The highest BCUT2D eigenvalue weighted by Gasteiger charge is 2.35. The van der Waals surface area contributed by atoms with E-state index < -0.39 is 20.0 Å². The molecule has 0 N–H and O–H groups in total. The molecule has 0 aromatic heterocycles. The molecule has 4 nitrogen and oxygen atoms in total. The molecule has 0 amide bonds. The predicted octanol–water partition coefficient (Wildman–Crippen LogP) is 2.59. The first-order valence-corrected chi connectivity index (χ1v) is 9.82. The van der Waals surface area contributed by atoms with Gasteiger partial charge in [0.25, 0.3) is 0 Å². The summed E-state index contributed by atoms with van der Waals surface area (Å²) in [5, 5.41) is 0.509. The van der Waals surface area contributed by atoms with Gasteiger partial charge in [0.05, 0.1) is 22.3 Å². The van der Waals surface area contributed by atoms with Crippen LogP contribution in [0.5, 0.6) is 5.75 Å². The van der Waals surface area contributed by atoms with Gasteiger partial charge in [-0.3, -0.25) is 4.79 Å². The molecule has 108 valence electrons. The highest BCUT2D eigenvalue weighted by atomic mass is 28.3. The molecule has 0 aliphatic rings.